The highest BCUT2D eigenvalue weighted by atomic mass is 19.3. The number of allylic oxidation sites excluding steroid dienone is 1. The number of ketones is 1. The Balaban J connectivity index is 2.13. The van der Waals surface area contributed by atoms with Crippen molar-refractivity contribution in [3.63, 3.8) is 0 Å². The number of nitrogens with zero attached hydrogens (tertiary/aromatic N) is 2. The van der Waals surface area contributed by atoms with Crippen LogP contribution in [0.2, 0.25) is 0 Å². The van der Waals surface area contributed by atoms with Gasteiger partial charge in [-0.2, -0.15) is 13.9 Å². The van der Waals surface area contributed by atoms with Crippen LogP contribution in [0.4, 0.5) is 8.78 Å². The summed E-state index contributed by atoms with van der Waals surface area (Å²) in [5.41, 5.74) is 3.09. The Labute approximate surface area is 127 Å². The van der Waals surface area contributed by atoms with E-state index in [1.807, 2.05) is 20.9 Å². The standard InChI is InChI=1S/C16H16F2N2O2/c1-10-14(11(2)20(3)19-10)8-9-15(21)12-4-6-13(7-5-12)22-16(17)18/h4-9,16H,1-3H3. The maximum atomic E-state index is 12.1. The van der Waals surface area contributed by atoms with E-state index in [9.17, 15) is 13.6 Å². The Kier molecular flexibility index (Phi) is 4.70. The van der Waals surface area contributed by atoms with E-state index in [-0.39, 0.29) is 11.5 Å². The van der Waals surface area contributed by atoms with Gasteiger partial charge in [0.15, 0.2) is 5.78 Å². The molecule has 0 bridgehead atoms. The number of ether oxygens (including phenoxy) is 1. The van der Waals surface area contributed by atoms with Crippen LogP contribution in [-0.4, -0.2) is 22.2 Å². The van der Waals surface area contributed by atoms with Crippen LogP contribution in [0.1, 0.15) is 27.3 Å². The number of hydrogen-bond acceptors (Lipinski definition) is 3. The second kappa shape index (κ2) is 6.51. The highest BCUT2D eigenvalue weighted by molar-refractivity contribution is 6.06. The van der Waals surface area contributed by atoms with Gasteiger partial charge in [-0.25, -0.2) is 0 Å². The second-order valence-electron chi connectivity index (χ2n) is 4.81. The lowest BCUT2D eigenvalue weighted by Gasteiger charge is -2.04. The topological polar surface area (TPSA) is 44.1 Å². The van der Waals surface area contributed by atoms with E-state index in [2.05, 4.69) is 9.84 Å². The van der Waals surface area contributed by atoms with E-state index < -0.39 is 6.61 Å². The molecule has 0 aliphatic carbocycles. The summed E-state index contributed by atoms with van der Waals surface area (Å²) in [4.78, 5) is 12.1. The van der Waals surface area contributed by atoms with E-state index in [0.717, 1.165) is 17.0 Å². The lowest BCUT2D eigenvalue weighted by molar-refractivity contribution is -0.0498. The van der Waals surface area contributed by atoms with E-state index in [4.69, 9.17) is 0 Å². The lowest BCUT2D eigenvalue weighted by atomic mass is 10.1. The molecule has 0 aliphatic rings. The molecule has 22 heavy (non-hydrogen) atoms. The summed E-state index contributed by atoms with van der Waals surface area (Å²) in [5.74, 6) is -0.194. The van der Waals surface area contributed by atoms with Gasteiger partial charge in [0, 0.05) is 23.9 Å². The molecule has 0 atom stereocenters. The maximum absolute atomic E-state index is 12.1. The molecule has 0 spiro atoms. The van der Waals surface area contributed by atoms with Crippen molar-refractivity contribution in [2.75, 3.05) is 0 Å². The van der Waals surface area contributed by atoms with Crippen molar-refractivity contribution in [1.82, 2.24) is 9.78 Å². The highest BCUT2D eigenvalue weighted by Crippen LogP contribution is 2.17. The molecule has 1 aromatic heterocycles. The van der Waals surface area contributed by atoms with Crippen molar-refractivity contribution in [2.24, 2.45) is 7.05 Å². The summed E-state index contributed by atoms with van der Waals surface area (Å²) in [6, 6.07) is 5.59. The average molecular weight is 306 g/mol. The van der Waals surface area contributed by atoms with Crippen molar-refractivity contribution >= 4 is 11.9 Å². The van der Waals surface area contributed by atoms with Gasteiger partial charge < -0.3 is 4.74 Å². The summed E-state index contributed by atoms with van der Waals surface area (Å²) in [5, 5.41) is 4.27. The van der Waals surface area contributed by atoms with Crippen LogP contribution in [0.5, 0.6) is 5.75 Å². The minimum atomic E-state index is -2.88. The summed E-state index contributed by atoms with van der Waals surface area (Å²) < 4.78 is 30.1. The third-order valence-corrected chi connectivity index (χ3v) is 3.33. The lowest BCUT2D eigenvalue weighted by Crippen LogP contribution is -2.02. The van der Waals surface area contributed by atoms with Crippen molar-refractivity contribution in [1.29, 1.82) is 0 Å². The first kappa shape index (κ1) is 15.9. The summed E-state index contributed by atoms with van der Waals surface area (Å²) in [6.45, 7) is 0.909. The second-order valence-corrected chi connectivity index (χ2v) is 4.81. The first-order chi connectivity index (χ1) is 10.4. The van der Waals surface area contributed by atoms with Gasteiger partial charge in [-0.1, -0.05) is 0 Å². The van der Waals surface area contributed by atoms with Crippen LogP contribution < -0.4 is 4.74 Å². The van der Waals surface area contributed by atoms with Gasteiger partial charge in [-0.15, -0.1) is 0 Å². The molecule has 0 fully saturated rings. The first-order valence-electron chi connectivity index (χ1n) is 6.66. The molecule has 0 saturated heterocycles. The van der Waals surface area contributed by atoms with Crippen molar-refractivity contribution in [2.45, 2.75) is 20.5 Å². The van der Waals surface area contributed by atoms with Gasteiger partial charge in [0.2, 0.25) is 0 Å². The van der Waals surface area contributed by atoms with Gasteiger partial charge in [-0.05, 0) is 50.3 Å². The number of benzene rings is 1. The molecule has 0 N–H and O–H groups in total. The molecule has 1 aromatic carbocycles. The molecule has 4 nitrogen and oxygen atoms in total. The van der Waals surface area contributed by atoms with Gasteiger partial charge in [0.05, 0.1) is 5.69 Å². The Morgan fingerprint density at radius 1 is 1.27 bits per heavy atom. The Morgan fingerprint density at radius 3 is 2.41 bits per heavy atom. The highest BCUT2D eigenvalue weighted by Gasteiger charge is 2.08. The smallest absolute Gasteiger partial charge is 0.387 e. The molecule has 0 unspecified atom stereocenters. The zero-order valence-electron chi connectivity index (χ0n) is 12.5. The zero-order valence-corrected chi connectivity index (χ0v) is 12.5. The number of carbonyl (C=O) groups excluding carboxylic acids is 1. The molecule has 2 aromatic rings. The predicted octanol–water partition coefficient (Wildman–Crippen LogP) is 3.53. The molecule has 0 aliphatic heterocycles. The summed E-state index contributed by atoms with van der Waals surface area (Å²) in [6.07, 6.45) is 3.16. The monoisotopic (exact) mass is 306 g/mol. The fraction of sp³-hybridized carbons (Fsp3) is 0.250. The Morgan fingerprint density at radius 2 is 1.91 bits per heavy atom. The van der Waals surface area contributed by atoms with E-state index in [1.165, 1.54) is 30.3 Å². The average Bonchev–Trinajstić information content (AvgIpc) is 2.70. The number of aryl methyl sites for hydroxylation is 2. The number of alkyl halides is 2. The normalized spacial score (nSPS) is 11.4. The van der Waals surface area contributed by atoms with Crippen molar-refractivity contribution in [3.8, 4) is 5.75 Å². The van der Waals surface area contributed by atoms with Crippen LogP contribution >= 0.6 is 0 Å². The summed E-state index contributed by atoms with van der Waals surface area (Å²) in [7, 11) is 1.84. The van der Waals surface area contributed by atoms with Crippen molar-refractivity contribution < 1.29 is 18.3 Å². The molecule has 1 heterocycles. The van der Waals surface area contributed by atoms with E-state index >= 15 is 0 Å². The third-order valence-electron chi connectivity index (χ3n) is 3.33. The van der Waals surface area contributed by atoms with E-state index in [0.29, 0.717) is 5.56 Å². The largest absolute Gasteiger partial charge is 0.435 e. The Bertz CT molecular complexity index is 704. The fourth-order valence-electron chi connectivity index (χ4n) is 2.09. The van der Waals surface area contributed by atoms with Gasteiger partial charge in [0.25, 0.3) is 0 Å². The van der Waals surface area contributed by atoms with Gasteiger partial charge in [-0.3, -0.25) is 9.48 Å². The Hall–Kier alpha value is -2.50. The number of hydrogen-bond donors (Lipinski definition) is 0. The minimum absolute atomic E-state index is 0.0227. The summed E-state index contributed by atoms with van der Waals surface area (Å²) >= 11 is 0. The number of rotatable bonds is 5. The van der Waals surface area contributed by atoms with Crippen LogP contribution in [0.15, 0.2) is 30.3 Å². The van der Waals surface area contributed by atoms with Crippen LogP contribution in [0, 0.1) is 13.8 Å². The van der Waals surface area contributed by atoms with Gasteiger partial charge >= 0.3 is 6.61 Å². The quantitative estimate of drug-likeness (QED) is 0.627. The molecule has 0 radical (unpaired) electrons. The molecule has 116 valence electrons. The van der Waals surface area contributed by atoms with Crippen LogP contribution in [0.3, 0.4) is 0 Å². The number of carbonyl (C=O) groups is 1. The van der Waals surface area contributed by atoms with Crippen molar-refractivity contribution in [3.05, 3.63) is 52.9 Å². The fourth-order valence-corrected chi connectivity index (χ4v) is 2.09. The maximum Gasteiger partial charge on any atom is 0.387 e. The number of aromatic nitrogens is 2. The van der Waals surface area contributed by atoms with E-state index in [1.54, 1.807) is 10.8 Å². The molecule has 0 amide bonds. The molecule has 2 rings (SSSR count). The molecular formula is C16H16F2N2O2. The first-order valence-corrected chi connectivity index (χ1v) is 6.66. The number of halogens is 2. The van der Waals surface area contributed by atoms with Gasteiger partial charge in [0.1, 0.15) is 5.75 Å². The minimum Gasteiger partial charge on any atom is -0.435 e. The predicted molar refractivity (Wildman–Crippen MR) is 79.1 cm³/mol. The SMILES string of the molecule is Cc1nn(C)c(C)c1C=CC(=O)c1ccc(OC(F)F)cc1. The third kappa shape index (κ3) is 3.58. The molecule has 0 saturated carbocycles. The molecular weight excluding hydrogens is 290 g/mol. The zero-order chi connectivity index (χ0) is 16.3. The van der Waals surface area contributed by atoms with Crippen LogP contribution in [-0.2, 0) is 7.05 Å². The van der Waals surface area contributed by atoms with Crippen LogP contribution in [0.25, 0.3) is 6.08 Å². The molecule has 6 heteroatoms.